The summed E-state index contributed by atoms with van der Waals surface area (Å²) in [5.74, 6) is 0.385. The maximum Gasteiger partial charge on any atom is 0.317 e. The molecule has 2 unspecified atom stereocenters. The third-order valence-electron chi connectivity index (χ3n) is 5.46. The zero-order chi connectivity index (χ0) is 16.3. The molecule has 2 heterocycles. The van der Waals surface area contributed by atoms with Crippen LogP contribution in [0.25, 0.3) is 0 Å². The summed E-state index contributed by atoms with van der Waals surface area (Å²) in [6.07, 6.45) is 1.83. The van der Waals surface area contributed by atoms with Crippen molar-refractivity contribution < 1.29 is 9.53 Å². The Morgan fingerprint density at radius 2 is 2.00 bits per heavy atom. The minimum absolute atomic E-state index is 0.00179. The average molecular weight is 317 g/mol. The lowest BCUT2D eigenvalue weighted by Gasteiger charge is -2.42. The molecule has 0 saturated carbocycles. The average Bonchev–Trinajstić information content (AvgIpc) is 3.00. The number of ether oxygens (including phenoxy) is 1. The molecule has 23 heavy (non-hydrogen) atoms. The molecule has 2 aliphatic rings. The number of nitrogens with two attached hydrogens (primary N) is 1. The fourth-order valence-corrected chi connectivity index (χ4v) is 3.64. The molecular weight excluding hydrogens is 290 g/mol. The summed E-state index contributed by atoms with van der Waals surface area (Å²) < 4.78 is 5.42. The molecule has 0 aliphatic carbocycles. The van der Waals surface area contributed by atoms with Crippen molar-refractivity contribution in [3.8, 4) is 0 Å². The van der Waals surface area contributed by atoms with Gasteiger partial charge in [-0.25, -0.2) is 4.79 Å². The standard InChI is InChI=1S/C18H27N3O2/c1-14-11-23-12-16(14)20-17(22)21-9-7-18(13-19,8-10-21)15-5-3-2-4-6-15/h2-6,14,16H,7-13,19H2,1H3,(H,20,22). The zero-order valence-corrected chi connectivity index (χ0v) is 13.8. The Labute approximate surface area is 138 Å². The fraction of sp³-hybridized carbons (Fsp3) is 0.611. The number of urea groups is 1. The molecule has 0 spiro atoms. The molecule has 126 valence electrons. The van der Waals surface area contributed by atoms with Crippen LogP contribution in [0.2, 0.25) is 0 Å². The highest BCUT2D eigenvalue weighted by Crippen LogP contribution is 2.34. The van der Waals surface area contributed by atoms with Gasteiger partial charge in [-0.3, -0.25) is 0 Å². The van der Waals surface area contributed by atoms with Crippen LogP contribution in [0, 0.1) is 5.92 Å². The summed E-state index contributed by atoms with van der Waals surface area (Å²) in [5, 5.41) is 3.11. The number of rotatable bonds is 3. The van der Waals surface area contributed by atoms with E-state index >= 15 is 0 Å². The summed E-state index contributed by atoms with van der Waals surface area (Å²) in [5.41, 5.74) is 7.40. The van der Waals surface area contributed by atoms with Crippen molar-refractivity contribution in [2.45, 2.75) is 31.2 Å². The number of hydrogen-bond donors (Lipinski definition) is 2. The van der Waals surface area contributed by atoms with Crippen LogP contribution in [0.15, 0.2) is 30.3 Å². The first-order valence-corrected chi connectivity index (χ1v) is 8.53. The molecule has 2 fully saturated rings. The summed E-state index contributed by atoms with van der Waals surface area (Å²) in [4.78, 5) is 14.4. The van der Waals surface area contributed by atoms with E-state index < -0.39 is 0 Å². The second-order valence-corrected chi connectivity index (χ2v) is 6.91. The van der Waals surface area contributed by atoms with Crippen LogP contribution in [-0.2, 0) is 10.2 Å². The van der Waals surface area contributed by atoms with Crippen molar-refractivity contribution in [3.05, 3.63) is 35.9 Å². The summed E-state index contributed by atoms with van der Waals surface area (Å²) in [6, 6.07) is 10.6. The van der Waals surface area contributed by atoms with Crippen molar-refractivity contribution in [1.82, 2.24) is 10.2 Å². The minimum Gasteiger partial charge on any atom is -0.379 e. The number of benzene rings is 1. The number of likely N-dealkylation sites (tertiary alicyclic amines) is 1. The molecule has 2 saturated heterocycles. The number of hydrogen-bond acceptors (Lipinski definition) is 3. The Morgan fingerprint density at radius 3 is 2.57 bits per heavy atom. The van der Waals surface area contributed by atoms with E-state index in [9.17, 15) is 4.79 Å². The minimum atomic E-state index is 0.00179. The first-order chi connectivity index (χ1) is 11.1. The number of nitrogens with one attached hydrogen (secondary N) is 1. The molecule has 1 aromatic rings. The highest BCUT2D eigenvalue weighted by atomic mass is 16.5. The van der Waals surface area contributed by atoms with Gasteiger partial charge in [-0.15, -0.1) is 0 Å². The van der Waals surface area contributed by atoms with E-state index in [4.69, 9.17) is 10.5 Å². The van der Waals surface area contributed by atoms with E-state index in [1.165, 1.54) is 5.56 Å². The molecule has 3 rings (SSSR count). The van der Waals surface area contributed by atoms with E-state index in [0.29, 0.717) is 19.1 Å². The summed E-state index contributed by atoms with van der Waals surface area (Å²) in [6.45, 7) is 5.59. The Morgan fingerprint density at radius 1 is 1.30 bits per heavy atom. The van der Waals surface area contributed by atoms with E-state index in [1.54, 1.807) is 0 Å². The monoisotopic (exact) mass is 317 g/mol. The Kier molecular flexibility index (Phi) is 4.87. The van der Waals surface area contributed by atoms with Gasteiger partial charge >= 0.3 is 6.03 Å². The van der Waals surface area contributed by atoms with Crippen LogP contribution < -0.4 is 11.1 Å². The molecule has 0 bridgehead atoms. The highest BCUT2D eigenvalue weighted by Gasteiger charge is 2.37. The van der Waals surface area contributed by atoms with Gasteiger partial charge in [-0.2, -0.15) is 0 Å². The Hall–Kier alpha value is -1.59. The van der Waals surface area contributed by atoms with Crippen molar-refractivity contribution in [2.24, 2.45) is 11.7 Å². The number of carbonyl (C=O) groups excluding carboxylic acids is 1. The SMILES string of the molecule is CC1COCC1NC(=O)N1CCC(CN)(c2ccccc2)CC1. The van der Waals surface area contributed by atoms with Crippen molar-refractivity contribution in [3.63, 3.8) is 0 Å². The maximum atomic E-state index is 12.5. The second-order valence-electron chi connectivity index (χ2n) is 6.91. The molecule has 0 aromatic heterocycles. The number of amides is 2. The largest absolute Gasteiger partial charge is 0.379 e. The molecular formula is C18H27N3O2. The molecule has 5 nitrogen and oxygen atoms in total. The van der Waals surface area contributed by atoms with Crippen LogP contribution in [0.5, 0.6) is 0 Å². The third-order valence-corrected chi connectivity index (χ3v) is 5.46. The van der Waals surface area contributed by atoms with Gasteiger partial charge in [0.1, 0.15) is 0 Å². The first kappa shape index (κ1) is 16.3. The summed E-state index contributed by atoms with van der Waals surface area (Å²) in [7, 11) is 0. The van der Waals surface area contributed by atoms with Crippen LogP contribution in [0.3, 0.4) is 0 Å². The van der Waals surface area contributed by atoms with Gasteiger partial charge in [-0.1, -0.05) is 37.3 Å². The lowest BCUT2D eigenvalue weighted by molar-refractivity contribution is 0.152. The highest BCUT2D eigenvalue weighted by molar-refractivity contribution is 5.74. The zero-order valence-electron chi connectivity index (χ0n) is 13.8. The van der Waals surface area contributed by atoms with E-state index in [0.717, 1.165) is 32.5 Å². The van der Waals surface area contributed by atoms with Crippen molar-refractivity contribution >= 4 is 6.03 Å². The van der Waals surface area contributed by atoms with Gasteiger partial charge < -0.3 is 20.7 Å². The maximum absolute atomic E-state index is 12.5. The Balaban J connectivity index is 1.60. The third kappa shape index (κ3) is 3.35. The van der Waals surface area contributed by atoms with Gasteiger partial charge in [0.15, 0.2) is 0 Å². The van der Waals surface area contributed by atoms with Crippen LogP contribution in [0.1, 0.15) is 25.3 Å². The molecule has 3 N–H and O–H groups in total. The molecule has 2 amide bonds. The van der Waals surface area contributed by atoms with Gasteiger partial charge in [0, 0.05) is 31.0 Å². The first-order valence-electron chi connectivity index (χ1n) is 8.53. The lowest BCUT2D eigenvalue weighted by Crippen LogP contribution is -2.53. The predicted molar refractivity (Wildman–Crippen MR) is 90.3 cm³/mol. The molecule has 2 atom stereocenters. The second kappa shape index (κ2) is 6.89. The molecule has 5 heteroatoms. The fourth-order valence-electron chi connectivity index (χ4n) is 3.64. The van der Waals surface area contributed by atoms with Crippen LogP contribution in [0.4, 0.5) is 4.79 Å². The van der Waals surface area contributed by atoms with Crippen molar-refractivity contribution in [2.75, 3.05) is 32.8 Å². The van der Waals surface area contributed by atoms with Gasteiger partial charge in [0.2, 0.25) is 0 Å². The normalized spacial score (nSPS) is 27.0. The quantitative estimate of drug-likeness (QED) is 0.892. The van der Waals surface area contributed by atoms with Crippen molar-refractivity contribution in [1.29, 1.82) is 0 Å². The van der Waals surface area contributed by atoms with Gasteiger partial charge in [-0.05, 0) is 18.4 Å². The number of nitrogens with zero attached hydrogens (tertiary/aromatic N) is 1. The lowest BCUT2D eigenvalue weighted by atomic mass is 9.73. The summed E-state index contributed by atoms with van der Waals surface area (Å²) >= 11 is 0. The smallest absolute Gasteiger partial charge is 0.317 e. The Bertz CT molecular complexity index is 526. The van der Waals surface area contributed by atoms with Crippen LogP contribution >= 0.6 is 0 Å². The molecule has 0 radical (unpaired) electrons. The predicted octanol–water partition coefficient (Wildman–Crippen LogP) is 1.72. The van der Waals surface area contributed by atoms with E-state index in [2.05, 4.69) is 36.5 Å². The van der Waals surface area contributed by atoms with E-state index in [-0.39, 0.29) is 17.5 Å². The number of piperidine rings is 1. The topological polar surface area (TPSA) is 67.6 Å². The number of carbonyl (C=O) groups is 1. The van der Waals surface area contributed by atoms with Gasteiger partial charge in [0.25, 0.3) is 0 Å². The van der Waals surface area contributed by atoms with Gasteiger partial charge in [0.05, 0.1) is 19.3 Å². The molecule has 1 aromatic carbocycles. The van der Waals surface area contributed by atoms with Crippen LogP contribution in [-0.4, -0.2) is 49.8 Å². The molecule has 2 aliphatic heterocycles. The van der Waals surface area contributed by atoms with E-state index in [1.807, 2.05) is 11.0 Å².